The maximum Gasteiger partial charge on any atom is 0.194 e. The Morgan fingerprint density at radius 2 is 1.71 bits per heavy atom. The van der Waals surface area contributed by atoms with Crippen molar-refractivity contribution in [2.24, 2.45) is 0 Å². The molecule has 0 fully saturated rings. The molecule has 1 aliphatic rings. The average Bonchev–Trinajstić information content (AvgIpc) is 2.53. The zero-order valence-electron chi connectivity index (χ0n) is 11.4. The van der Waals surface area contributed by atoms with Gasteiger partial charge in [0.2, 0.25) is 0 Å². The molecule has 0 unspecified atom stereocenters. The van der Waals surface area contributed by atoms with E-state index in [1.54, 1.807) is 43.5 Å². The van der Waals surface area contributed by atoms with E-state index < -0.39 is 0 Å². The smallest absolute Gasteiger partial charge is 0.194 e. The first-order valence-electron chi connectivity index (χ1n) is 6.47. The summed E-state index contributed by atoms with van der Waals surface area (Å²) in [5.74, 6) is 1.64. The molecule has 0 N–H and O–H groups in total. The van der Waals surface area contributed by atoms with Gasteiger partial charge in [-0.1, -0.05) is 11.6 Å². The fourth-order valence-electron chi connectivity index (χ4n) is 2.14. The molecule has 0 radical (unpaired) electrons. The predicted octanol–water partition coefficient (Wildman–Crippen LogP) is 3.35. The minimum Gasteiger partial charge on any atom is -0.497 e. The third-order valence-corrected chi connectivity index (χ3v) is 3.54. The lowest BCUT2D eigenvalue weighted by Crippen LogP contribution is -2.16. The summed E-state index contributed by atoms with van der Waals surface area (Å²) >= 11 is 6.18. The van der Waals surface area contributed by atoms with Crippen molar-refractivity contribution < 1.29 is 19.0 Å². The SMILES string of the molecule is COc1ccc(C(=O)c2cc3c(cc2Cl)OCCO3)cc1. The summed E-state index contributed by atoms with van der Waals surface area (Å²) in [6.07, 6.45) is 0. The highest BCUT2D eigenvalue weighted by molar-refractivity contribution is 6.35. The van der Waals surface area contributed by atoms with Crippen molar-refractivity contribution in [3.8, 4) is 17.2 Å². The molecule has 0 saturated heterocycles. The minimum absolute atomic E-state index is 0.167. The second-order valence-electron chi connectivity index (χ2n) is 4.53. The largest absolute Gasteiger partial charge is 0.497 e. The van der Waals surface area contributed by atoms with E-state index in [0.29, 0.717) is 46.6 Å². The minimum atomic E-state index is -0.167. The Morgan fingerprint density at radius 1 is 1.10 bits per heavy atom. The van der Waals surface area contributed by atoms with Crippen molar-refractivity contribution >= 4 is 17.4 Å². The molecule has 0 atom stereocenters. The third kappa shape index (κ3) is 2.67. The summed E-state index contributed by atoms with van der Waals surface area (Å²) in [5, 5.41) is 0.347. The van der Waals surface area contributed by atoms with Gasteiger partial charge < -0.3 is 14.2 Å². The van der Waals surface area contributed by atoms with Crippen LogP contribution in [0.1, 0.15) is 15.9 Å². The van der Waals surface area contributed by atoms with E-state index in [4.69, 9.17) is 25.8 Å². The van der Waals surface area contributed by atoms with Crippen LogP contribution in [0.3, 0.4) is 0 Å². The third-order valence-electron chi connectivity index (χ3n) is 3.23. The summed E-state index contributed by atoms with van der Waals surface area (Å²) in [4.78, 5) is 12.5. The number of hydrogen-bond donors (Lipinski definition) is 0. The van der Waals surface area contributed by atoms with Crippen LogP contribution in [-0.2, 0) is 0 Å². The van der Waals surface area contributed by atoms with Gasteiger partial charge in [0.05, 0.1) is 12.1 Å². The van der Waals surface area contributed by atoms with Crippen LogP contribution in [0.4, 0.5) is 0 Å². The van der Waals surface area contributed by atoms with Crippen LogP contribution in [0.15, 0.2) is 36.4 Å². The Morgan fingerprint density at radius 3 is 2.33 bits per heavy atom. The highest BCUT2D eigenvalue weighted by Crippen LogP contribution is 2.36. The summed E-state index contributed by atoms with van der Waals surface area (Å²) < 4.78 is 16.0. The van der Waals surface area contributed by atoms with Gasteiger partial charge in [-0.3, -0.25) is 4.79 Å². The van der Waals surface area contributed by atoms with Crippen molar-refractivity contribution in [3.05, 3.63) is 52.5 Å². The Labute approximate surface area is 127 Å². The molecular formula is C16H13ClO4. The van der Waals surface area contributed by atoms with E-state index in [1.807, 2.05) is 0 Å². The normalized spacial score (nSPS) is 12.9. The van der Waals surface area contributed by atoms with Crippen LogP contribution >= 0.6 is 11.6 Å². The predicted molar refractivity (Wildman–Crippen MR) is 78.9 cm³/mol. The molecule has 0 saturated carbocycles. The van der Waals surface area contributed by atoms with Crippen LogP contribution in [0.25, 0.3) is 0 Å². The van der Waals surface area contributed by atoms with E-state index in [-0.39, 0.29) is 5.78 Å². The van der Waals surface area contributed by atoms with Crippen molar-refractivity contribution in [3.63, 3.8) is 0 Å². The van der Waals surface area contributed by atoms with Gasteiger partial charge in [0, 0.05) is 17.2 Å². The van der Waals surface area contributed by atoms with Gasteiger partial charge in [-0.05, 0) is 30.3 Å². The Kier molecular flexibility index (Phi) is 3.71. The molecule has 0 bridgehead atoms. The molecule has 21 heavy (non-hydrogen) atoms. The van der Waals surface area contributed by atoms with Gasteiger partial charge in [-0.25, -0.2) is 0 Å². The maximum absolute atomic E-state index is 12.5. The van der Waals surface area contributed by atoms with Crippen molar-refractivity contribution in [2.45, 2.75) is 0 Å². The van der Waals surface area contributed by atoms with Crippen molar-refractivity contribution in [2.75, 3.05) is 20.3 Å². The van der Waals surface area contributed by atoms with Crippen LogP contribution in [0.5, 0.6) is 17.2 Å². The van der Waals surface area contributed by atoms with E-state index in [0.717, 1.165) is 0 Å². The maximum atomic E-state index is 12.5. The fourth-order valence-corrected chi connectivity index (χ4v) is 2.38. The zero-order valence-corrected chi connectivity index (χ0v) is 12.1. The summed E-state index contributed by atoms with van der Waals surface area (Å²) in [7, 11) is 1.58. The van der Waals surface area contributed by atoms with Gasteiger partial charge >= 0.3 is 0 Å². The lowest BCUT2D eigenvalue weighted by molar-refractivity contribution is 0.103. The van der Waals surface area contributed by atoms with Crippen LogP contribution in [0, 0.1) is 0 Å². The number of carbonyl (C=O) groups excluding carboxylic acids is 1. The van der Waals surface area contributed by atoms with Gasteiger partial charge in [-0.15, -0.1) is 0 Å². The topological polar surface area (TPSA) is 44.8 Å². The number of hydrogen-bond acceptors (Lipinski definition) is 4. The first-order chi connectivity index (χ1) is 10.2. The Bertz CT molecular complexity index is 679. The molecule has 2 aromatic carbocycles. The molecular weight excluding hydrogens is 292 g/mol. The standard InChI is InChI=1S/C16H13ClO4/c1-19-11-4-2-10(3-5-11)16(18)12-8-14-15(9-13(12)17)21-7-6-20-14/h2-5,8-9H,6-7H2,1H3. The number of rotatable bonds is 3. The number of methoxy groups -OCH3 is 1. The summed E-state index contributed by atoms with van der Waals surface area (Å²) in [6, 6.07) is 10.1. The van der Waals surface area contributed by atoms with Gasteiger partial charge in [0.15, 0.2) is 17.3 Å². The van der Waals surface area contributed by atoms with E-state index in [2.05, 4.69) is 0 Å². The number of fused-ring (bicyclic) bond motifs is 1. The molecule has 4 nitrogen and oxygen atoms in total. The second kappa shape index (κ2) is 5.66. The van der Waals surface area contributed by atoms with E-state index in [9.17, 15) is 4.79 Å². The van der Waals surface area contributed by atoms with E-state index >= 15 is 0 Å². The molecule has 5 heteroatoms. The monoisotopic (exact) mass is 304 g/mol. The van der Waals surface area contributed by atoms with Crippen molar-refractivity contribution in [1.82, 2.24) is 0 Å². The van der Waals surface area contributed by atoms with Crippen LogP contribution in [0.2, 0.25) is 5.02 Å². The number of halogens is 1. The van der Waals surface area contributed by atoms with Crippen molar-refractivity contribution in [1.29, 1.82) is 0 Å². The molecule has 3 rings (SSSR count). The van der Waals surface area contributed by atoms with Gasteiger partial charge in [-0.2, -0.15) is 0 Å². The van der Waals surface area contributed by atoms with Crippen LogP contribution < -0.4 is 14.2 Å². The molecule has 1 heterocycles. The lowest BCUT2D eigenvalue weighted by Gasteiger charge is -2.19. The molecule has 0 aliphatic carbocycles. The molecule has 0 amide bonds. The highest BCUT2D eigenvalue weighted by Gasteiger charge is 2.20. The summed E-state index contributed by atoms with van der Waals surface area (Å²) in [5.41, 5.74) is 0.931. The molecule has 1 aliphatic heterocycles. The second-order valence-corrected chi connectivity index (χ2v) is 4.94. The first-order valence-corrected chi connectivity index (χ1v) is 6.85. The molecule has 0 aromatic heterocycles. The fraction of sp³-hybridized carbons (Fsp3) is 0.188. The first kappa shape index (κ1) is 13.8. The van der Waals surface area contributed by atoms with Crippen LogP contribution in [-0.4, -0.2) is 26.1 Å². The number of benzene rings is 2. The Balaban J connectivity index is 1.96. The zero-order chi connectivity index (χ0) is 14.8. The Hall–Kier alpha value is -2.20. The average molecular weight is 305 g/mol. The van der Waals surface area contributed by atoms with Gasteiger partial charge in [0.1, 0.15) is 19.0 Å². The number of ether oxygens (including phenoxy) is 3. The highest BCUT2D eigenvalue weighted by atomic mass is 35.5. The lowest BCUT2D eigenvalue weighted by atomic mass is 10.0. The quantitative estimate of drug-likeness (QED) is 0.816. The molecule has 108 valence electrons. The molecule has 2 aromatic rings. The summed E-state index contributed by atoms with van der Waals surface area (Å²) in [6.45, 7) is 0.944. The number of carbonyl (C=O) groups is 1. The van der Waals surface area contributed by atoms with E-state index in [1.165, 1.54) is 0 Å². The van der Waals surface area contributed by atoms with Gasteiger partial charge in [0.25, 0.3) is 0 Å². The number of ketones is 1. The molecule has 0 spiro atoms.